The molecule has 2 aromatic heterocycles. The van der Waals surface area contributed by atoms with Gasteiger partial charge in [0, 0.05) is 5.92 Å². The van der Waals surface area contributed by atoms with Crippen LogP contribution in [0.5, 0.6) is 0 Å². The highest BCUT2D eigenvalue weighted by molar-refractivity contribution is 5.96. The number of imidazole rings is 1. The Hall–Kier alpha value is -2.05. The number of rotatable bonds is 2. The number of hydrogen-bond acceptors (Lipinski definition) is 3. The van der Waals surface area contributed by atoms with E-state index in [1.165, 1.54) is 13.3 Å². The molecule has 108 valence electrons. The van der Waals surface area contributed by atoms with Crippen molar-refractivity contribution in [2.45, 2.75) is 25.9 Å². The summed E-state index contributed by atoms with van der Waals surface area (Å²) in [7, 11) is 1.18. The molecule has 2 rings (SSSR count). The number of nitrogens with zero attached hydrogens (tertiary/aromatic N) is 2. The first-order valence-corrected chi connectivity index (χ1v) is 5.93. The Balaban J connectivity index is 2.84. The number of carbonyl (C=O) groups is 1. The van der Waals surface area contributed by atoms with E-state index in [1.54, 1.807) is 13.8 Å². The summed E-state index contributed by atoms with van der Waals surface area (Å²) in [5, 5.41) is 0. The van der Waals surface area contributed by atoms with Crippen molar-refractivity contribution in [3.8, 4) is 0 Å². The third-order valence-corrected chi connectivity index (χ3v) is 2.93. The molecule has 0 N–H and O–H groups in total. The van der Waals surface area contributed by atoms with Crippen molar-refractivity contribution in [3.63, 3.8) is 0 Å². The molecule has 7 heteroatoms. The lowest BCUT2D eigenvalue weighted by Gasteiger charge is -2.14. The minimum absolute atomic E-state index is 0.0555. The minimum Gasteiger partial charge on any atom is -0.465 e. The summed E-state index contributed by atoms with van der Waals surface area (Å²) in [4.78, 5) is 15.6. The molecule has 0 aliphatic rings. The van der Waals surface area contributed by atoms with Crippen LogP contribution in [0.15, 0.2) is 18.3 Å². The van der Waals surface area contributed by atoms with Crippen LogP contribution in [-0.4, -0.2) is 22.5 Å². The number of esters is 1. The maximum absolute atomic E-state index is 13.1. The van der Waals surface area contributed by atoms with Crippen molar-refractivity contribution in [1.82, 2.24) is 9.38 Å². The van der Waals surface area contributed by atoms with Crippen molar-refractivity contribution >= 4 is 11.5 Å². The fourth-order valence-electron chi connectivity index (χ4n) is 2.04. The van der Waals surface area contributed by atoms with E-state index in [1.807, 2.05) is 0 Å². The van der Waals surface area contributed by atoms with Crippen LogP contribution in [0.1, 0.15) is 41.6 Å². The lowest BCUT2D eigenvalue weighted by Crippen LogP contribution is -2.16. The van der Waals surface area contributed by atoms with Crippen LogP contribution in [0.25, 0.3) is 5.52 Å². The van der Waals surface area contributed by atoms with Crippen molar-refractivity contribution < 1.29 is 22.7 Å². The van der Waals surface area contributed by atoms with Crippen LogP contribution < -0.4 is 0 Å². The first-order valence-electron chi connectivity index (χ1n) is 5.93. The highest BCUT2D eigenvalue weighted by Gasteiger charge is 2.35. The van der Waals surface area contributed by atoms with Gasteiger partial charge >= 0.3 is 12.1 Å². The van der Waals surface area contributed by atoms with Gasteiger partial charge in [-0.1, -0.05) is 13.8 Å². The average Bonchev–Trinajstić information content (AvgIpc) is 2.79. The molecule has 0 fully saturated rings. The summed E-state index contributed by atoms with van der Waals surface area (Å²) in [6.45, 7) is 3.47. The van der Waals surface area contributed by atoms with Gasteiger partial charge in [-0.3, -0.25) is 4.40 Å². The minimum atomic E-state index is -4.53. The molecule has 20 heavy (non-hydrogen) atoms. The summed E-state index contributed by atoms with van der Waals surface area (Å²) in [5.41, 5.74) is -0.711. The van der Waals surface area contributed by atoms with Crippen molar-refractivity contribution in [2.75, 3.05) is 7.11 Å². The molecule has 0 atom stereocenters. The van der Waals surface area contributed by atoms with Crippen LogP contribution in [0.3, 0.4) is 0 Å². The normalized spacial score (nSPS) is 12.2. The van der Waals surface area contributed by atoms with Gasteiger partial charge in [0.25, 0.3) is 0 Å². The highest BCUT2D eigenvalue weighted by atomic mass is 19.4. The van der Waals surface area contributed by atoms with E-state index in [2.05, 4.69) is 9.72 Å². The largest absolute Gasteiger partial charge is 0.465 e. The molecule has 0 aliphatic carbocycles. The lowest BCUT2D eigenvalue weighted by molar-refractivity contribution is -0.142. The maximum atomic E-state index is 13.1. The van der Waals surface area contributed by atoms with E-state index in [0.717, 1.165) is 16.5 Å². The molecule has 0 spiro atoms. The zero-order chi connectivity index (χ0) is 15.1. The molecule has 0 saturated carbocycles. The number of hydrogen-bond donors (Lipinski definition) is 0. The molecule has 0 aliphatic heterocycles. The second kappa shape index (κ2) is 4.81. The van der Waals surface area contributed by atoms with E-state index < -0.39 is 17.8 Å². The van der Waals surface area contributed by atoms with E-state index in [0.29, 0.717) is 0 Å². The number of pyridine rings is 1. The predicted octanol–water partition coefficient (Wildman–Crippen LogP) is 3.26. The third kappa shape index (κ3) is 2.23. The van der Waals surface area contributed by atoms with E-state index in [-0.39, 0.29) is 22.8 Å². The molecule has 2 heterocycles. The van der Waals surface area contributed by atoms with Gasteiger partial charge in [-0.15, -0.1) is 0 Å². The fraction of sp³-hybridized carbons (Fsp3) is 0.385. The molecule has 4 nitrogen and oxygen atoms in total. The van der Waals surface area contributed by atoms with Gasteiger partial charge in [0.2, 0.25) is 0 Å². The number of halogens is 3. The Kier molecular flexibility index (Phi) is 3.45. The van der Waals surface area contributed by atoms with Gasteiger partial charge in [0.05, 0.1) is 24.4 Å². The van der Waals surface area contributed by atoms with Crippen LogP contribution in [-0.2, 0) is 10.9 Å². The molecule has 0 saturated heterocycles. The van der Waals surface area contributed by atoms with E-state index in [9.17, 15) is 18.0 Å². The van der Waals surface area contributed by atoms with Crippen LogP contribution >= 0.6 is 0 Å². The number of carbonyl (C=O) groups excluding carboxylic acids is 1. The van der Waals surface area contributed by atoms with E-state index >= 15 is 0 Å². The Morgan fingerprint density at radius 3 is 2.50 bits per heavy atom. The van der Waals surface area contributed by atoms with Crippen molar-refractivity contribution in [3.05, 3.63) is 35.4 Å². The summed E-state index contributed by atoms with van der Waals surface area (Å²) >= 11 is 0. The SMILES string of the molecule is COC(=O)c1ccc(C(F)(F)F)n2c(C(C)C)ncc12. The zero-order valence-corrected chi connectivity index (χ0v) is 11.2. The third-order valence-electron chi connectivity index (χ3n) is 2.93. The van der Waals surface area contributed by atoms with Crippen LogP contribution in [0, 0.1) is 0 Å². The number of fused-ring (bicyclic) bond motifs is 1. The standard InChI is InChI=1S/C13H13F3N2O2/c1-7(2)11-17-6-9-8(12(19)20-3)4-5-10(18(9)11)13(14,15)16/h4-7H,1-3H3. The molecule has 0 unspecified atom stereocenters. The molecule has 0 radical (unpaired) electrons. The monoisotopic (exact) mass is 286 g/mol. The first kappa shape index (κ1) is 14.4. The van der Waals surface area contributed by atoms with Crippen molar-refractivity contribution in [1.29, 1.82) is 0 Å². The van der Waals surface area contributed by atoms with Crippen LogP contribution in [0.4, 0.5) is 13.2 Å². The number of ether oxygens (including phenoxy) is 1. The fourth-order valence-corrected chi connectivity index (χ4v) is 2.04. The topological polar surface area (TPSA) is 43.6 Å². The summed E-state index contributed by atoms with van der Waals surface area (Å²) in [6, 6.07) is 1.97. The van der Waals surface area contributed by atoms with Gasteiger partial charge in [-0.05, 0) is 12.1 Å². The van der Waals surface area contributed by atoms with Gasteiger partial charge in [0.1, 0.15) is 11.5 Å². The Bertz CT molecular complexity index is 659. The zero-order valence-electron chi connectivity index (χ0n) is 11.2. The number of aromatic nitrogens is 2. The molecule has 0 amide bonds. The molecule has 0 aromatic carbocycles. The van der Waals surface area contributed by atoms with Gasteiger partial charge in [-0.25, -0.2) is 9.78 Å². The Morgan fingerprint density at radius 1 is 1.35 bits per heavy atom. The first-order chi connectivity index (χ1) is 9.27. The van der Waals surface area contributed by atoms with Gasteiger partial charge in [-0.2, -0.15) is 13.2 Å². The van der Waals surface area contributed by atoms with Gasteiger partial charge < -0.3 is 4.74 Å². The predicted molar refractivity (Wildman–Crippen MR) is 65.6 cm³/mol. The second-order valence-electron chi connectivity index (χ2n) is 4.61. The number of methoxy groups -OCH3 is 1. The smallest absolute Gasteiger partial charge is 0.431 e. The molecule has 0 bridgehead atoms. The Morgan fingerprint density at radius 2 is 2.00 bits per heavy atom. The lowest BCUT2D eigenvalue weighted by atomic mass is 10.1. The van der Waals surface area contributed by atoms with Gasteiger partial charge in [0.15, 0.2) is 0 Å². The molecule has 2 aromatic rings. The van der Waals surface area contributed by atoms with Crippen molar-refractivity contribution in [2.24, 2.45) is 0 Å². The quantitative estimate of drug-likeness (QED) is 0.796. The summed E-state index contributed by atoms with van der Waals surface area (Å²) < 4.78 is 44.8. The summed E-state index contributed by atoms with van der Waals surface area (Å²) in [6.07, 6.45) is -3.27. The number of alkyl halides is 3. The molecular weight excluding hydrogens is 273 g/mol. The van der Waals surface area contributed by atoms with Crippen LogP contribution in [0.2, 0.25) is 0 Å². The average molecular weight is 286 g/mol. The summed E-state index contributed by atoms with van der Waals surface area (Å²) in [5.74, 6) is -0.663. The van der Waals surface area contributed by atoms with E-state index in [4.69, 9.17) is 0 Å². The highest BCUT2D eigenvalue weighted by Crippen LogP contribution is 2.33. The second-order valence-corrected chi connectivity index (χ2v) is 4.61. The molecular formula is C13H13F3N2O2. The maximum Gasteiger partial charge on any atom is 0.431 e. The Labute approximate surface area is 113 Å².